The number of nitrogens with zero attached hydrogens (tertiary/aromatic N) is 5. The molecular weight excluding hydrogens is 424 g/mol. The fourth-order valence-corrected chi connectivity index (χ4v) is 4.38. The van der Waals surface area contributed by atoms with Gasteiger partial charge in [0.1, 0.15) is 12.4 Å². The Morgan fingerprint density at radius 2 is 1.97 bits per heavy atom. The number of aliphatic hydroxyl groups is 1. The summed E-state index contributed by atoms with van der Waals surface area (Å²) in [5, 5.41) is 17.3. The van der Waals surface area contributed by atoms with Crippen LogP contribution in [-0.4, -0.2) is 69.0 Å². The molecule has 3 atom stereocenters. The van der Waals surface area contributed by atoms with Crippen molar-refractivity contribution in [1.82, 2.24) is 19.7 Å². The molecule has 10 nitrogen and oxygen atoms in total. The summed E-state index contributed by atoms with van der Waals surface area (Å²) in [4.78, 5) is 23.9. The second-order valence-corrected chi connectivity index (χ2v) is 8.58. The average Bonchev–Trinajstić information content (AvgIpc) is 3.39. The van der Waals surface area contributed by atoms with Crippen molar-refractivity contribution in [3.63, 3.8) is 0 Å². The monoisotopic (exact) mass is 452 g/mol. The lowest BCUT2D eigenvalue weighted by Gasteiger charge is -2.33. The highest BCUT2D eigenvalue weighted by atomic mass is 16.6. The predicted molar refractivity (Wildman–Crippen MR) is 123 cm³/mol. The maximum atomic E-state index is 11.8. The highest BCUT2D eigenvalue weighted by Gasteiger charge is 2.35. The normalized spacial score (nSPS) is 20.8. The minimum Gasteiger partial charge on any atom is -0.447 e. The molecule has 0 saturated carbocycles. The van der Waals surface area contributed by atoms with E-state index in [4.69, 9.17) is 19.4 Å². The smallest absolute Gasteiger partial charge is 0.411 e. The van der Waals surface area contributed by atoms with E-state index in [1.807, 2.05) is 29.9 Å². The second kappa shape index (κ2) is 8.95. The number of aromatic nitrogens is 4. The molecule has 2 fully saturated rings. The van der Waals surface area contributed by atoms with Crippen molar-refractivity contribution >= 4 is 28.6 Å². The van der Waals surface area contributed by atoms with Crippen LogP contribution in [0.3, 0.4) is 0 Å². The van der Waals surface area contributed by atoms with Crippen LogP contribution in [-0.2, 0) is 16.0 Å². The Kier molecular flexibility index (Phi) is 5.86. The summed E-state index contributed by atoms with van der Waals surface area (Å²) < 4.78 is 12.8. The molecule has 5 rings (SSSR count). The Labute approximate surface area is 191 Å². The SMILES string of the molecule is CCn1ncc2c(N3CC4CCC(C3)O4)nc(-c3ccc(NC(=O)OCC(C)O)cc3)nc21. The van der Waals surface area contributed by atoms with Crippen molar-refractivity contribution < 1.29 is 19.4 Å². The number of aryl methyl sites for hydroxylation is 1. The second-order valence-electron chi connectivity index (χ2n) is 8.58. The number of hydrogen-bond donors (Lipinski definition) is 2. The minimum absolute atomic E-state index is 0.0606. The van der Waals surface area contributed by atoms with E-state index in [1.54, 1.807) is 19.1 Å². The number of amides is 1. The third kappa shape index (κ3) is 4.49. The van der Waals surface area contributed by atoms with Gasteiger partial charge in [-0.15, -0.1) is 0 Å². The van der Waals surface area contributed by atoms with Gasteiger partial charge in [0.15, 0.2) is 11.5 Å². The largest absolute Gasteiger partial charge is 0.447 e. The highest BCUT2D eigenvalue weighted by Crippen LogP contribution is 2.33. The molecule has 4 heterocycles. The van der Waals surface area contributed by atoms with Crippen LogP contribution < -0.4 is 10.2 Å². The molecule has 0 radical (unpaired) electrons. The molecule has 1 amide bonds. The first-order valence-corrected chi connectivity index (χ1v) is 11.4. The summed E-state index contributed by atoms with van der Waals surface area (Å²) >= 11 is 0. The van der Waals surface area contributed by atoms with Crippen molar-refractivity contribution in [3.8, 4) is 11.4 Å². The van der Waals surface area contributed by atoms with Crippen molar-refractivity contribution in [2.45, 2.75) is 51.5 Å². The number of fused-ring (bicyclic) bond motifs is 3. The fraction of sp³-hybridized carbons (Fsp3) is 0.478. The van der Waals surface area contributed by atoms with Gasteiger partial charge in [0.2, 0.25) is 0 Å². The molecule has 174 valence electrons. The molecular formula is C23H28N6O4. The zero-order valence-corrected chi connectivity index (χ0v) is 18.8. The van der Waals surface area contributed by atoms with E-state index >= 15 is 0 Å². The van der Waals surface area contributed by atoms with E-state index in [2.05, 4.69) is 15.3 Å². The average molecular weight is 453 g/mol. The number of carbonyl (C=O) groups excluding carboxylic acids is 1. The number of anilines is 2. The zero-order valence-electron chi connectivity index (χ0n) is 18.8. The van der Waals surface area contributed by atoms with Crippen LogP contribution in [0.15, 0.2) is 30.5 Å². The highest BCUT2D eigenvalue weighted by molar-refractivity contribution is 5.89. The van der Waals surface area contributed by atoms with E-state index in [0.717, 1.165) is 48.3 Å². The standard InChI is InChI=1S/C23H28N6O4/c1-3-29-22-19(10-24-29)21(28-11-17-8-9-18(12-28)33-17)26-20(27-22)15-4-6-16(7-5-15)25-23(31)32-13-14(2)30/h4-7,10,14,17-18,30H,3,8-9,11-13H2,1-2H3,(H,25,31). The van der Waals surface area contributed by atoms with Gasteiger partial charge in [0, 0.05) is 30.9 Å². The first-order chi connectivity index (χ1) is 16.0. The molecule has 2 N–H and O–H groups in total. The Hall–Kier alpha value is -3.24. The lowest BCUT2D eigenvalue weighted by Crippen LogP contribution is -2.43. The van der Waals surface area contributed by atoms with Crippen molar-refractivity contribution in [2.75, 3.05) is 29.9 Å². The quantitative estimate of drug-likeness (QED) is 0.587. The van der Waals surface area contributed by atoms with Gasteiger partial charge >= 0.3 is 6.09 Å². The number of carbonyl (C=O) groups is 1. The van der Waals surface area contributed by atoms with Gasteiger partial charge in [-0.05, 0) is 51.0 Å². The molecule has 3 aromatic rings. The number of aliphatic hydroxyl groups excluding tert-OH is 1. The predicted octanol–water partition coefficient (Wildman–Crippen LogP) is 2.81. The van der Waals surface area contributed by atoms with Crippen LogP contribution in [0.2, 0.25) is 0 Å². The van der Waals surface area contributed by atoms with Crippen LogP contribution in [0.4, 0.5) is 16.3 Å². The number of nitrogens with one attached hydrogen (secondary N) is 1. The van der Waals surface area contributed by atoms with Gasteiger partial charge in [0.05, 0.1) is 29.9 Å². The molecule has 0 spiro atoms. The lowest BCUT2D eigenvalue weighted by molar-refractivity contribution is 0.0303. The summed E-state index contributed by atoms with van der Waals surface area (Å²) in [5.41, 5.74) is 2.22. The Balaban J connectivity index is 1.43. The van der Waals surface area contributed by atoms with Crippen LogP contribution >= 0.6 is 0 Å². The number of hydrogen-bond acceptors (Lipinski definition) is 8. The molecule has 1 aromatic carbocycles. The number of ether oxygens (including phenoxy) is 2. The first-order valence-electron chi connectivity index (χ1n) is 11.4. The van der Waals surface area contributed by atoms with E-state index in [0.29, 0.717) is 18.1 Å². The van der Waals surface area contributed by atoms with Gasteiger partial charge in [0.25, 0.3) is 0 Å². The van der Waals surface area contributed by atoms with Gasteiger partial charge < -0.3 is 19.5 Å². The molecule has 3 unspecified atom stereocenters. The summed E-state index contributed by atoms with van der Waals surface area (Å²) in [6, 6.07) is 7.28. The summed E-state index contributed by atoms with van der Waals surface area (Å²) in [5.74, 6) is 1.49. The summed E-state index contributed by atoms with van der Waals surface area (Å²) in [7, 11) is 0. The maximum absolute atomic E-state index is 11.8. The Bertz CT molecular complexity index is 1130. The third-order valence-electron chi connectivity index (χ3n) is 5.96. The molecule has 2 saturated heterocycles. The summed E-state index contributed by atoms with van der Waals surface area (Å²) in [6.45, 7) is 5.88. The van der Waals surface area contributed by atoms with Crippen molar-refractivity contribution in [1.29, 1.82) is 0 Å². The molecule has 2 aromatic heterocycles. The van der Waals surface area contributed by atoms with Crippen LogP contribution in [0.5, 0.6) is 0 Å². The van der Waals surface area contributed by atoms with Crippen LogP contribution in [0.25, 0.3) is 22.4 Å². The molecule has 2 bridgehead atoms. The molecule has 2 aliphatic heterocycles. The van der Waals surface area contributed by atoms with Crippen molar-refractivity contribution in [2.24, 2.45) is 0 Å². The molecule has 0 aliphatic carbocycles. The third-order valence-corrected chi connectivity index (χ3v) is 5.96. The minimum atomic E-state index is -0.711. The van der Waals surface area contributed by atoms with E-state index < -0.39 is 12.2 Å². The topological polar surface area (TPSA) is 115 Å². The van der Waals surface area contributed by atoms with Crippen LogP contribution in [0.1, 0.15) is 26.7 Å². The Morgan fingerprint density at radius 3 is 2.64 bits per heavy atom. The van der Waals surface area contributed by atoms with Crippen LogP contribution in [0, 0.1) is 0 Å². The van der Waals surface area contributed by atoms with Gasteiger partial charge in [-0.25, -0.2) is 19.4 Å². The molecule has 2 aliphatic rings. The number of morpholine rings is 1. The summed E-state index contributed by atoms with van der Waals surface area (Å²) in [6.07, 6.45) is 3.20. The first kappa shape index (κ1) is 21.6. The zero-order chi connectivity index (χ0) is 22.9. The van der Waals surface area contributed by atoms with Gasteiger partial charge in [-0.3, -0.25) is 5.32 Å². The van der Waals surface area contributed by atoms with Gasteiger partial charge in [-0.1, -0.05) is 0 Å². The van der Waals surface area contributed by atoms with E-state index in [9.17, 15) is 9.90 Å². The lowest BCUT2D eigenvalue weighted by atomic mass is 10.2. The fourth-order valence-electron chi connectivity index (χ4n) is 4.38. The number of benzene rings is 1. The van der Waals surface area contributed by atoms with Crippen molar-refractivity contribution in [3.05, 3.63) is 30.5 Å². The molecule has 10 heteroatoms. The van der Waals surface area contributed by atoms with E-state index in [1.165, 1.54) is 0 Å². The van der Waals surface area contributed by atoms with Gasteiger partial charge in [-0.2, -0.15) is 5.10 Å². The number of rotatable bonds is 6. The van der Waals surface area contributed by atoms with E-state index in [-0.39, 0.29) is 18.8 Å². The molecule has 33 heavy (non-hydrogen) atoms. The maximum Gasteiger partial charge on any atom is 0.411 e. The Morgan fingerprint density at radius 1 is 1.24 bits per heavy atom.